The number of ether oxygens (including phenoxy) is 1. The molecule has 0 aromatic heterocycles. The first kappa shape index (κ1) is 15.7. The van der Waals surface area contributed by atoms with E-state index in [2.05, 4.69) is 0 Å². The summed E-state index contributed by atoms with van der Waals surface area (Å²) in [7, 11) is 0. The maximum atomic E-state index is 13.1. The van der Waals surface area contributed by atoms with Gasteiger partial charge in [-0.25, -0.2) is 4.39 Å². The highest BCUT2D eigenvalue weighted by Crippen LogP contribution is 2.21. The number of carbonyl (C=O) groups excluding carboxylic acids is 1. The second-order valence-corrected chi connectivity index (χ2v) is 5.19. The van der Waals surface area contributed by atoms with Crippen molar-refractivity contribution in [3.63, 3.8) is 0 Å². The summed E-state index contributed by atoms with van der Waals surface area (Å²) in [5, 5.41) is 0. The van der Waals surface area contributed by atoms with Crippen LogP contribution >= 0.6 is 0 Å². The first-order valence-electron chi connectivity index (χ1n) is 7.52. The Morgan fingerprint density at radius 1 is 0.833 bits per heavy atom. The van der Waals surface area contributed by atoms with Crippen LogP contribution in [0.3, 0.4) is 0 Å². The molecule has 0 aliphatic rings. The van der Waals surface area contributed by atoms with Gasteiger partial charge in [-0.05, 0) is 60.2 Å². The van der Waals surface area contributed by atoms with Gasteiger partial charge in [0.15, 0.2) is 5.78 Å². The molecule has 0 N–H and O–H groups in total. The standard InChI is InChI=1S/C21H15FO2/c22-18-6-4-5-16(15-18)9-14-21(23)17-10-12-20(13-11-17)24-19-7-2-1-3-8-19/h1-15H/b14-9+. The lowest BCUT2D eigenvalue weighted by molar-refractivity contribution is 0.104. The summed E-state index contributed by atoms with van der Waals surface area (Å²) in [5.41, 5.74) is 1.19. The molecule has 2 nitrogen and oxygen atoms in total. The molecule has 0 heterocycles. The van der Waals surface area contributed by atoms with Crippen LogP contribution in [0.15, 0.2) is 84.9 Å². The van der Waals surface area contributed by atoms with Gasteiger partial charge in [-0.1, -0.05) is 36.4 Å². The number of para-hydroxylation sites is 1. The zero-order chi connectivity index (χ0) is 16.8. The van der Waals surface area contributed by atoms with Crippen LogP contribution < -0.4 is 4.74 Å². The summed E-state index contributed by atoms with van der Waals surface area (Å²) in [6, 6.07) is 22.4. The number of benzene rings is 3. The van der Waals surface area contributed by atoms with Crippen molar-refractivity contribution in [1.29, 1.82) is 0 Å². The zero-order valence-corrected chi connectivity index (χ0v) is 12.9. The van der Waals surface area contributed by atoms with Crippen LogP contribution in [0.4, 0.5) is 4.39 Å². The third kappa shape index (κ3) is 4.17. The fourth-order valence-corrected chi connectivity index (χ4v) is 2.19. The normalized spacial score (nSPS) is 10.7. The molecular weight excluding hydrogens is 303 g/mol. The Morgan fingerprint density at radius 2 is 1.54 bits per heavy atom. The third-order valence-electron chi connectivity index (χ3n) is 3.39. The number of carbonyl (C=O) groups is 1. The van der Waals surface area contributed by atoms with Crippen molar-refractivity contribution >= 4 is 11.9 Å². The van der Waals surface area contributed by atoms with Crippen molar-refractivity contribution in [1.82, 2.24) is 0 Å². The van der Waals surface area contributed by atoms with Crippen LogP contribution in [0.2, 0.25) is 0 Å². The molecule has 0 saturated heterocycles. The van der Waals surface area contributed by atoms with E-state index in [1.807, 2.05) is 30.3 Å². The molecule has 3 rings (SSSR count). The molecule has 0 unspecified atom stereocenters. The van der Waals surface area contributed by atoms with Crippen LogP contribution in [0.1, 0.15) is 15.9 Å². The van der Waals surface area contributed by atoms with E-state index in [1.165, 1.54) is 18.2 Å². The Morgan fingerprint density at radius 3 is 2.25 bits per heavy atom. The molecule has 118 valence electrons. The summed E-state index contributed by atoms with van der Waals surface area (Å²) < 4.78 is 18.8. The summed E-state index contributed by atoms with van der Waals surface area (Å²) in [6.07, 6.45) is 3.03. The number of hydrogen-bond acceptors (Lipinski definition) is 2. The minimum Gasteiger partial charge on any atom is -0.457 e. The van der Waals surface area contributed by atoms with E-state index >= 15 is 0 Å². The summed E-state index contributed by atoms with van der Waals surface area (Å²) >= 11 is 0. The van der Waals surface area contributed by atoms with Crippen LogP contribution in [0.25, 0.3) is 6.08 Å². The quantitative estimate of drug-likeness (QED) is 0.458. The Hall–Kier alpha value is -3.20. The van der Waals surface area contributed by atoms with Crippen LogP contribution in [0.5, 0.6) is 11.5 Å². The lowest BCUT2D eigenvalue weighted by Crippen LogP contribution is -1.94. The van der Waals surface area contributed by atoms with Gasteiger partial charge in [0.1, 0.15) is 17.3 Å². The van der Waals surface area contributed by atoms with E-state index in [-0.39, 0.29) is 11.6 Å². The minimum absolute atomic E-state index is 0.148. The zero-order valence-electron chi connectivity index (χ0n) is 12.9. The van der Waals surface area contributed by atoms with Crippen molar-refractivity contribution in [3.05, 3.63) is 102 Å². The highest BCUT2D eigenvalue weighted by Gasteiger charge is 2.03. The molecule has 3 heteroatoms. The summed E-state index contributed by atoms with van der Waals surface area (Å²) in [6.45, 7) is 0. The Bertz CT molecular complexity index is 853. The molecule has 0 amide bonds. The second kappa shape index (κ2) is 7.38. The second-order valence-electron chi connectivity index (χ2n) is 5.19. The Labute approximate surface area is 139 Å². The van der Waals surface area contributed by atoms with Crippen molar-refractivity contribution in [3.8, 4) is 11.5 Å². The first-order valence-corrected chi connectivity index (χ1v) is 7.52. The van der Waals surface area contributed by atoms with Gasteiger partial charge in [0, 0.05) is 5.56 Å². The highest BCUT2D eigenvalue weighted by molar-refractivity contribution is 6.06. The molecule has 0 saturated carbocycles. The molecule has 3 aromatic rings. The molecule has 0 aliphatic heterocycles. The maximum Gasteiger partial charge on any atom is 0.185 e. The SMILES string of the molecule is O=C(/C=C/c1cccc(F)c1)c1ccc(Oc2ccccc2)cc1. The smallest absolute Gasteiger partial charge is 0.185 e. The fraction of sp³-hybridized carbons (Fsp3) is 0. The van der Waals surface area contributed by atoms with E-state index in [4.69, 9.17) is 4.74 Å². The molecule has 0 atom stereocenters. The molecule has 0 bridgehead atoms. The molecule has 24 heavy (non-hydrogen) atoms. The number of hydrogen-bond donors (Lipinski definition) is 0. The van der Waals surface area contributed by atoms with E-state index in [1.54, 1.807) is 42.5 Å². The highest BCUT2D eigenvalue weighted by atomic mass is 19.1. The molecular formula is C21H15FO2. The van der Waals surface area contributed by atoms with Crippen LogP contribution in [-0.4, -0.2) is 5.78 Å². The number of ketones is 1. The lowest BCUT2D eigenvalue weighted by Gasteiger charge is -2.05. The van der Waals surface area contributed by atoms with Gasteiger partial charge in [-0.2, -0.15) is 0 Å². The van der Waals surface area contributed by atoms with Crippen molar-refractivity contribution in [2.75, 3.05) is 0 Å². The van der Waals surface area contributed by atoms with Crippen LogP contribution in [-0.2, 0) is 0 Å². The Balaban J connectivity index is 1.67. The number of rotatable bonds is 5. The van der Waals surface area contributed by atoms with Crippen molar-refractivity contribution in [2.45, 2.75) is 0 Å². The van der Waals surface area contributed by atoms with Gasteiger partial charge in [-0.3, -0.25) is 4.79 Å². The van der Waals surface area contributed by atoms with Gasteiger partial charge in [0.2, 0.25) is 0 Å². The fourth-order valence-electron chi connectivity index (χ4n) is 2.19. The molecule has 0 fully saturated rings. The van der Waals surface area contributed by atoms with E-state index in [9.17, 15) is 9.18 Å². The molecule has 0 radical (unpaired) electrons. The molecule has 0 spiro atoms. The average Bonchev–Trinajstić information content (AvgIpc) is 2.61. The van der Waals surface area contributed by atoms with E-state index in [0.29, 0.717) is 16.9 Å². The minimum atomic E-state index is -0.327. The predicted molar refractivity (Wildman–Crippen MR) is 92.7 cm³/mol. The maximum absolute atomic E-state index is 13.1. The van der Waals surface area contributed by atoms with Crippen molar-refractivity contribution < 1.29 is 13.9 Å². The largest absolute Gasteiger partial charge is 0.457 e. The average molecular weight is 318 g/mol. The Kier molecular flexibility index (Phi) is 4.82. The van der Waals surface area contributed by atoms with Gasteiger partial charge in [0.25, 0.3) is 0 Å². The van der Waals surface area contributed by atoms with Gasteiger partial charge >= 0.3 is 0 Å². The van der Waals surface area contributed by atoms with Gasteiger partial charge < -0.3 is 4.74 Å². The topological polar surface area (TPSA) is 26.3 Å². The molecule has 3 aromatic carbocycles. The van der Waals surface area contributed by atoms with Gasteiger partial charge in [-0.15, -0.1) is 0 Å². The first-order chi connectivity index (χ1) is 11.7. The third-order valence-corrected chi connectivity index (χ3v) is 3.39. The summed E-state index contributed by atoms with van der Waals surface area (Å²) in [5.74, 6) is 0.923. The predicted octanol–water partition coefficient (Wildman–Crippen LogP) is 5.51. The van der Waals surface area contributed by atoms with Crippen LogP contribution in [0, 0.1) is 5.82 Å². The van der Waals surface area contributed by atoms with Gasteiger partial charge in [0.05, 0.1) is 0 Å². The van der Waals surface area contributed by atoms with E-state index < -0.39 is 0 Å². The number of allylic oxidation sites excluding steroid dienone is 1. The van der Waals surface area contributed by atoms with E-state index in [0.717, 1.165) is 5.75 Å². The summed E-state index contributed by atoms with van der Waals surface area (Å²) in [4.78, 5) is 12.2. The monoisotopic (exact) mass is 318 g/mol. The lowest BCUT2D eigenvalue weighted by atomic mass is 10.1. The number of halogens is 1. The molecule has 0 aliphatic carbocycles. The van der Waals surface area contributed by atoms with Crippen molar-refractivity contribution in [2.24, 2.45) is 0 Å².